The molecule has 0 saturated carbocycles. The first kappa shape index (κ1) is 29.5. The molecule has 0 bridgehead atoms. The number of hydrogen-bond donors (Lipinski definition) is 0. The predicted molar refractivity (Wildman–Crippen MR) is 217 cm³/mol. The Labute approximate surface area is 300 Å². The molecule has 0 spiro atoms. The number of benzene rings is 8. The highest BCUT2D eigenvalue weighted by Gasteiger charge is 2.19. The molecule has 0 amide bonds. The van der Waals surface area contributed by atoms with E-state index in [0.717, 1.165) is 39.3 Å². The number of nitrogens with zero attached hydrogens (tertiary/aromatic N) is 2. The number of hydrogen-bond acceptors (Lipinski definition) is 3. The van der Waals surface area contributed by atoms with Crippen LogP contribution in [0.4, 0.5) is 0 Å². The van der Waals surface area contributed by atoms with Crippen molar-refractivity contribution in [1.82, 2.24) is 9.97 Å². The first-order valence-electron chi connectivity index (χ1n) is 17.2. The Hall–Kier alpha value is -6.42. The van der Waals surface area contributed by atoms with E-state index >= 15 is 0 Å². The summed E-state index contributed by atoms with van der Waals surface area (Å²) in [5, 5.41) is 7.46. The Morgan fingerprint density at radius 2 is 0.882 bits per heavy atom. The summed E-state index contributed by atoms with van der Waals surface area (Å²) in [6.07, 6.45) is 0. The molecule has 238 valence electrons. The van der Waals surface area contributed by atoms with Gasteiger partial charge in [0, 0.05) is 36.9 Å². The molecular formula is C48H30N2S. The molecule has 10 aromatic rings. The Morgan fingerprint density at radius 3 is 1.59 bits per heavy atom. The van der Waals surface area contributed by atoms with Gasteiger partial charge in [-0.15, -0.1) is 11.3 Å². The van der Waals surface area contributed by atoms with Gasteiger partial charge in [0.25, 0.3) is 0 Å². The molecule has 0 atom stereocenters. The molecule has 2 aromatic heterocycles. The fourth-order valence-corrected chi connectivity index (χ4v) is 8.76. The largest absolute Gasteiger partial charge is 0.228 e. The van der Waals surface area contributed by atoms with E-state index in [1.165, 1.54) is 58.6 Å². The monoisotopic (exact) mass is 666 g/mol. The van der Waals surface area contributed by atoms with Crippen LogP contribution >= 0.6 is 11.3 Å². The topological polar surface area (TPSA) is 25.8 Å². The van der Waals surface area contributed by atoms with Crippen LogP contribution in [0.3, 0.4) is 0 Å². The fourth-order valence-electron chi connectivity index (χ4n) is 7.46. The molecule has 0 unspecified atom stereocenters. The van der Waals surface area contributed by atoms with Crippen molar-refractivity contribution in [1.29, 1.82) is 0 Å². The summed E-state index contributed by atoms with van der Waals surface area (Å²) in [5.41, 5.74) is 9.95. The number of rotatable bonds is 5. The number of fused-ring (bicyclic) bond motifs is 6. The Bertz CT molecular complexity index is 2830. The number of thiophene rings is 1. The molecule has 0 aliphatic rings. The molecule has 3 heteroatoms. The Kier molecular flexibility index (Phi) is 7.04. The summed E-state index contributed by atoms with van der Waals surface area (Å²) in [6, 6.07) is 64.9. The maximum Gasteiger partial charge on any atom is 0.161 e. The van der Waals surface area contributed by atoms with Crippen LogP contribution in [0.2, 0.25) is 0 Å². The zero-order valence-corrected chi connectivity index (χ0v) is 28.4. The second-order valence-corrected chi connectivity index (χ2v) is 14.0. The van der Waals surface area contributed by atoms with Gasteiger partial charge < -0.3 is 0 Å². The van der Waals surface area contributed by atoms with Crippen LogP contribution in [0.5, 0.6) is 0 Å². The molecule has 10 rings (SSSR count). The summed E-state index contributed by atoms with van der Waals surface area (Å²) < 4.78 is 2.52. The summed E-state index contributed by atoms with van der Waals surface area (Å²) in [4.78, 5) is 10.4. The molecule has 0 N–H and O–H groups in total. The molecule has 2 heterocycles. The lowest BCUT2D eigenvalue weighted by Gasteiger charge is -2.12. The minimum absolute atomic E-state index is 0.731. The van der Waals surface area contributed by atoms with Gasteiger partial charge in [-0.05, 0) is 55.9 Å². The molecule has 51 heavy (non-hydrogen) atoms. The summed E-state index contributed by atoms with van der Waals surface area (Å²) in [6.45, 7) is 0. The zero-order valence-electron chi connectivity index (χ0n) is 27.6. The van der Waals surface area contributed by atoms with Gasteiger partial charge in [-0.1, -0.05) is 170 Å². The average Bonchev–Trinajstić information content (AvgIpc) is 3.60. The lowest BCUT2D eigenvalue weighted by molar-refractivity contribution is 1.19. The second-order valence-electron chi connectivity index (χ2n) is 12.9. The van der Waals surface area contributed by atoms with Crippen LogP contribution in [0.1, 0.15) is 0 Å². The van der Waals surface area contributed by atoms with Gasteiger partial charge in [0.1, 0.15) is 0 Å². The third kappa shape index (κ3) is 5.10. The van der Waals surface area contributed by atoms with Crippen LogP contribution in [0, 0.1) is 0 Å². The Morgan fingerprint density at radius 1 is 0.353 bits per heavy atom. The van der Waals surface area contributed by atoms with Gasteiger partial charge in [-0.3, -0.25) is 0 Å². The SMILES string of the molecule is c1ccc(-c2cc(-c3ccccc3)nc(-c3cc4sc5c(-c6ccc(-c7cccc8ccccc78)cc6)cccc5c4c4ccccc34)n2)cc1. The van der Waals surface area contributed by atoms with Crippen LogP contribution in [-0.4, -0.2) is 9.97 Å². The van der Waals surface area contributed by atoms with Gasteiger partial charge in [-0.2, -0.15) is 0 Å². The molecule has 0 aliphatic heterocycles. The van der Waals surface area contributed by atoms with Crippen LogP contribution in [0.25, 0.3) is 97.9 Å². The zero-order chi connectivity index (χ0) is 33.7. The third-order valence-electron chi connectivity index (χ3n) is 9.91. The summed E-state index contributed by atoms with van der Waals surface area (Å²) >= 11 is 1.85. The minimum Gasteiger partial charge on any atom is -0.228 e. The normalized spacial score (nSPS) is 11.5. The first-order chi connectivity index (χ1) is 25.3. The van der Waals surface area contributed by atoms with E-state index < -0.39 is 0 Å². The van der Waals surface area contributed by atoms with Gasteiger partial charge in [0.2, 0.25) is 0 Å². The highest BCUT2D eigenvalue weighted by Crippen LogP contribution is 2.46. The molecular weight excluding hydrogens is 637 g/mol. The van der Waals surface area contributed by atoms with E-state index in [9.17, 15) is 0 Å². The molecule has 0 radical (unpaired) electrons. The first-order valence-corrected chi connectivity index (χ1v) is 18.1. The van der Waals surface area contributed by atoms with Crippen LogP contribution < -0.4 is 0 Å². The van der Waals surface area contributed by atoms with Crippen molar-refractivity contribution in [2.75, 3.05) is 0 Å². The van der Waals surface area contributed by atoms with Crippen molar-refractivity contribution in [2.24, 2.45) is 0 Å². The van der Waals surface area contributed by atoms with Crippen LogP contribution in [-0.2, 0) is 0 Å². The standard InChI is InChI=1S/C48H30N2S/c1-3-14-34(15-4-1)43-30-44(35-16-5-2-6-17-35)50-48(49-43)42-29-45-46(40-21-10-9-20-39(40)42)41-24-12-23-38(47(41)51-45)33-27-25-32(26-28-33)37-22-11-18-31-13-7-8-19-36(31)37/h1-30H. The smallest absolute Gasteiger partial charge is 0.161 e. The van der Waals surface area contributed by atoms with Crippen molar-refractivity contribution >= 4 is 53.1 Å². The molecule has 8 aromatic carbocycles. The lowest BCUT2D eigenvalue weighted by atomic mass is 9.95. The van der Waals surface area contributed by atoms with Gasteiger partial charge >= 0.3 is 0 Å². The summed E-state index contributed by atoms with van der Waals surface area (Å²) in [5.74, 6) is 0.731. The second kappa shape index (κ2) is 12.2. The molecule has 2 nitrogen and oxygen atoms in total. The predicted octanol–water partition coefficient (Wildman–Crippen LogP) is 13.5. The van der Waals surface area contributed by atoms with E-state index in [0.29, 0.717) is 0 Å². The van der Waals surface area contributed by atoms with E-state index in [2.05, 4.69) is 170 Å². The quantitative estimate of drug-likeness (QED) is 0.183. The maximum atomic E-state index is 5.22. The fraction of sp³-hybridized carbons (Fsp3) is 0. The number of aromatic nitrogens is 2. The third-order valence-corrected chi connectivity index (χ3v) is 11.1. The molecule has 0 saturated heterocycles. The minimum atomic E-state index is 0.731. The van der Waals surface area contributed by atoms with Crippen LogP contribution in [0.15, 0.2) is 182 Å². The molecule has 0 aliphatic carbocycles. The van der Waals surface area contributed by atoms with E-state index in [1.807, 2.05) is 23.5 Å². The van der Waals surface area contributed by atoms with Crippen molar-refractivity contribution in [3.05, 3.63) is 182 Å². The van der Waals surface area contributed by atoms with E-state index in [1.54, 1.807) is 0 Å². The highest BCUT2D eigenvalue weighted by molar-refractivity contribution is 7.26. The van der Waals surface area contributed by atoms with Gasteiger partial charge in [0.15, 0.2) is 5.82 Å². The molecule has 0 fully saturated rings. The van der Waals surface area contributed by atoms with E-state index in [4.69, 9.17) is 9.97 Å². The summed E-state index contributed by atoms with van der Waals surface area (Å²) in [7, 11) is 0. The van der Waals surface area contributed by atoms with Crippen molar-refractivity contribution < 1.29 is 0 Å². The van der Waals surface area contributed by atoms with Crippen molar-refractivity contribution in [3.8, 4) is 56.2 Å². The Balaban J connectivity index is 1.15. The highest BCUT2D eigenvalue weighted by atomic mass is 32.1. The van der Waals surface area contributed by atoms with E-state index in [-0.39, 0.29) is 0 Å². The lowest BCUT2D eigenvalue weighted by Crippen LogP contribution is -1.96. The van der Waals surface area contributed by atoms with Crippen molar-refractivity contribution in [2.45, 2.75) is 0 Å². The van der Waals surface area contributed by atoms with Gasteiger partial charge in [0.05, 0.1) is 11.4 Å². The maximum absolute atomic E-state index is 5.22. The average molecular weight is 667 g/mol. The van der Waals surface area contributed by atoms with Gasteiger partial charge in [-0.25, -0.2) is 9.97 Å². The van der Waals surface area contributed by atoms with Crippen molar-refractivity contribution in [3.63, 3.8) is 0 Å².